The molecule has 1 fully saturated rings. The molecule has 21 heavy (non-hydrogen) atoms. The molecular weight excluding hydrogens is 270 g/mol. The average molecular weight is 295 g/mol. The smallest absolute Gasteiger partial charge is 0.410 e. The third kappa shape index (κ3) is 4.20. The van der Waals surface area contributed by atoms with E-state index in [0.29, 0.717) is 13.1 Å². The van der Waals surface area contributed by atoms with Crippen LogP contribution < -0.4 is 0 Å². The molecule has 0 saturated carbocycles. The first-order valence-corrected chi connectivity index (χ1v) is 7.32. The van der Waals surface area contributed by atoms with Crippen LogP contribution in [0.15, 0.2) is 11.8 Å². The highest BCUT2D eigenvalue weighted by molar-refractivity contribution is 5.85. The highest BCUT2D eigenvalue weighted by atomic mass is 16.6. The molecule has 1 saturated heterocycles. The van der Waals surface area contributed by atoms with Gasteiger partial charge in [0.05, 0.1) is 0 Å². The lowest BCUT2D eigenvalue weighted by molar-refractivity contribution is -0.129. The predicted molar refractivity (Wildman–Crippen MR) is 79.6 cm³/mol. The van der Waals surface area contributed by atoms with E-state index in [1.807, 2.05) is 45.8 Å². The van der Waals surface area contributed by atoms with Crippen molar-refractivity contribution in [1.29, 1.82) is 0 Å². The van der Waals surface area contributed by atoms with Crippen LogP contribution in [0, 0.1) is 5.92 Å². The molecule has 0 spiro atoms. The molecule has 1 aliphatic carbocycles. The molecule has 6 nitrogen and oxygen atoms in total. The second kappa shape index (κ2) is 5.67. The number of rotatable bonds is 3. The fraction of sp³-hybridized carbons (Fsp3) is 0.733. The highest BCUT2D eigenvalue weighted by Crippen LogP contribution is 2.35. The van der Waals surface area contributed by atoms with Gasteiger partial charge in [-0.2, -0.15) is 0 Å². The van der Waals surface area contributed by atoms with Gasteiger partial charge in [-0.15, -0.1) is 0 Å². The maximum atomic E-state index is 12.4. The number of nitrogens with zero attached hydrogens (tertiary/aromatic N) is 3. The monoisotopic (exact) mass is 295 g/mol. The van der Waals surface area contributed by atoms with Crippen molar-refractivity contribution in [2.45, 2.75) is 26.4 Å². The van der Waals surface area contributed by atoms with Gasteiger partial charge in [-0.25, -0.2) is 4.79 Å². The molecule has 1 unspecified atom stereocenters. The number of ether oxygens (including phenoxy) is 1. The predicted octanol–water partition coefficient (Wildman–Crippen LogP) is 1.14. The Morgan fingerprint density at radius 3 is 2.67 bits per heavy atom. The Kier molecular flexibility index (Phi) is 4.27. The topological polar surface area (TPSA) is 53.1 Å². The van der Waals surface area contributed by atoms with E-state index in [9.17, 15) is 9.59 Å². The zero-order valence-electron chi connectivity index (χ0n) is 13.5. The molecule has 1 atom stereocenters. The number of fused-ring (bicyclic) bond motifs is 1. The van der Waals surface area contributed by atoms with Crippen LogP contribution in [0.3, 0.4) is 0 Å². The number of carbonyl (C=O) groups is 2. The molecule has 2 amide bonds. The van der Waals surface area contributed by atoms with Crippen molar-refractivity contribution >= 4 is 12.0 Å². The van der Waals surface area contributed by atoms with Crippen LogP contribution in [-0.4, -0.2) is 72.6 Å². The first-order valence-electron chi connectivity index (χ1n) is 7.32. The van der Waals surface area contributed by atoms with Gasteiger partial charge in [0.15, 0.2) is 0 Å². The first-order chi connectivity index (χ1) is 9.67. The van der Waals surface area contributed by atoms with E-state index in [-0.39, 0.29) is 18.4 Å². The van der Waals surface area contributed by atoms with Crippen molar-refractivity contribution in [2.75, 3.05) is 40.3 Å². The van der Waals surface area contributed by atoms with Gasteiger partial charge in [0.2, 0.25) is 5.91 Å². The largest absolute Gasteiger partial charge is 0.444 e. The molecule has 2 rings (SSSR count). The molecule has 6 heteroatoms. The maximum Gasteiger partial charge on any atom is 0.410 e. The minimum Gasteiger partial charge on any atom is -0.444 e. The summed E-state index contributed by atoms with van der Waals surface area (Å²) in [6, 6.07) is 0. The van der Waals surface area contributed by atoms with E-state index in [2.05, 4.69) is 0 Å². The Balaban J connectivity index is 1.99. The number of hydrogen-bond donors (Lipinski definition) is 0. The normalized spacial score (nSPS) is 21.9. The van der Waals surface area contributed by atoms with Crippen molar-refractivity contribution in [3.05, 3.63) is 11.8 Å². The second-order valence-electron chi connectivity index (χ2n) is 6.91. The van der Waals surface area contributed by atoms with Crippen molar-refractivity contribution in [3.8, 4) is 0 Å². The minimum atomic E-state index is -0.545. The zero-order chi connectivity index (χ0) is 15.8. The van der Waals surface area contributed by atoms with Crippen LogP contribution >= 0.6 is 0 Å². The molecule has 1 heterocycles. The summed E-state index contributed by atoms with van der Waals surface area (Å²) in [5, 5.41) is 0. The standard InChI is InChI=1S/C15H25N3O3/c1-15(2,3)21-14(20)17-9-11-8-12(11)18(13(19)10-17)7-6-16(4)5/h8,11H,6-7,9-10H2,1-5H3. The molecule has 118 valence electrons. The minimum absolute atomic E-state index is 0.0334. The van der Waals surface area contributed by atoms with Gasteiger partial charge >= 0.3 is 6.09 Å². The maximum absolute atomic E-state index is 12.4. The molecule has 0 aromatic carbocycles. The van der Waals surface area contributed by atoms with Gasteiger partial charge in [-0.1, -0.05) is 6.08 Å². The van der Waals surface area contributed by atoms with Gasteiger partial charge in [-0.05, 0) is 34.9 Å². The second-order valence-corrected chi connectivity index (χ2v) is 6.91. The summed E-state index contributed by atoms with van der Waals surface area (Å²) in [4.78, 5) is 29.9. The Labute approximate surface area is 126 Å². The van der Waals surface area contributed by atoms with Crippen LogP contribution in [0.4, 0.5) is 4.79 Å². The van der Waals surface area contributed by atoms with E-state index >= 15 is 0 Å². The van der Waals surface area contributed by atoms with Crippen molar-refractivity contribution in [3.63, 3.8) is 0 Å². The molecule has 0 N–H and O–H groups in total. The summed E-state index contributed by atoms with van der Waals surface area (Å²) < 4.78 is 5.37. The summed E-state index contributed by atoms with van der Waals surface area (Å²) in [6.07, 6.45) is 1.63. The van der Waals surface area contributed by atoms with Crippen molar-refractivity contribution < 1.29 is 14.3 Å². The molecular formula is C15H25N3O3. The number of amides is 2. The fourth-order valence-electron chi connectivity index (χ4n) is 2.31. The Hall–Kier alpha value is -1.56. The van der Waals surface area contributed by atoms with E-state index in [0.717, 1.165) is 12.2 Å². The Morgan fingerprint density at radius 1 is 1.43 bits per heavy atom. The van der Waals surface area contributed by atoms with E-state index in [1.54, 1.807) is 4.90 Å². The molecule has 0 radical (unpaired) electrons. The van der Waals surface area contributed by atoms with Gasteiger partial charge in [0.1, 0.15) is 12.1 Å². The van der Waals surface area contributed by atoms with Gasteiger partial charge in [0, 0.05) is 31.2 Å². The third-order valence-corrected chi connectivity index (χ3v) is 3.42. The third-order valence-electron chi connectivity index (χ3n) is 3.42. The summed E-state index contributed by atoms with van der Waals surface area (Å²) in [5.41, 5.74) is 0.504. The zero-order valence-corrected chi connectivity index (χ0v) is 13.5. The lowest BCUT2D eigenvalue weighted by Crippen LogP contribution is -2.43. The molecule has 0 aromatic heterocycles. The van der Waals surface area contributed by atoms with E-state index in [1.165, 1.54) is 4.90 Å². The van der Waals surface area contributed by atoms with Gasteiger partial charge in [0.25, 0.3) is 0 Å². The van der Waals surface area contributed by atoms with Crippen LogP contribution in [0.25, 0.3) is 0 Å². The van der Waals surface area contributed by atoms with Crippen LogP contribution in [0.2, 0.25) is 0 Å². The quantitative estimate of drug-likeness (QED) is 0.783. The summed E-state index contributed by atoms with van der Waals surface area (Å²) in [5.74, 6) is 0.167. The lowest BCUT2D eigenvalue weighted by atomic mass is 10.2. The Morgan fingerprint density at radius 2 is 2.10 bits per heavy atom. The molecule has 0 bridgehead atoms. The van der Waals surface area contributed by atoms with Crippen LogP contribution in [0.1, 0.15) is 20.8 Å². The van der Waals surface area contributed by atoms with Gasteiger partial charge < -0.3 is 14.5 Å². The molecule has 0 aromatic rings. The van der Waals surface area contributed by atoms with E-state index < -0.39 is 11.7 Å². The van der Waals surface area contributed by atoms with Crippen LogP contribution in [-0.2, 0) is 9.53 Å². The van der Waals surface area contributed by atoms with Crippen molar-refractivity contribution in [2.24, 2.45) is 5.92 Å². The molecule has 2 aliphatic rings. The molecule has 1 aliphatic heterocycles. The highest BCUT2D eigenvalue weighted by Gasteiger charge is 2.40. The number of carbonyl (C=O) groups excluding carboxylic acids is 2. The number of hydrogen-bond acceptors (Lipinski definition) is 4. The van der Waals surface area contributed by atoms with Crippen molar-refractivity contribution in [1.82, 2.24) is 14.7 Å². The van der Waals surface area contributed by atoms with E-state index in [4.69, 9.17) is 4.74 Å². The van der Waals surface area contributed by atoms with Gasteiger partial charge in [-0.3, -0.25) is 9.69 Å². The Bertz CT molecular complexity index is 465. The summed E-state index contributed by atoms with van der Waals surface area (Å²) in [6.45, 7) is 7.58. The summed E-state index contributed by atoms with van der Waals surface area (Å²) in [7, 11) is 3.96. The number of likely N-dealkylation sites (N-methyl/N-ethyl adjacent to an activating group) is 1. The first kappa shape index (κ1) is 15.8. The fourth-order valence-corrected chi connectivity index (χ4v) is 2.31. The van der Waals surface area contributed by atoms with Crippen LogP contribution in [0.5, 0.6) is 0 Å². The SMILES string of the molecule is CN(C)CCN1C(=O)CN(C(=O)OC(C)(C)C)CC2C=C21. The summed E-state index contributed by atoms with van der Waals surface area (Å²) >= 11 is 0. The lowest BCUT2D eigenvalue weighted by Gasteiger charge is -2.26. The average Bonchev–Trinajstić information content (AvgIpc) is 3.04.